The van der Waals surface area contributed by atoms with Crippen molar-refractivity contribution in [1.82, 2.24) is 15.0 Å². The number of aromatic nitrogens is 3. The summed E-state index contributed by atoms with van der Waals surface area (Å²) in [4.78, 5) is 28.8. The number of nitrogens with zero attached hydrogens (tertiary/aromatic N) is 4. The Hall–Kier alpha value is -4.30. The first-order valence-corrected chi connectivity index (χ1v) is 12.0. The van der Waals surface area contributed by atoms with Crippen LogP contribution in [0.5, 0.6) is 11.5 Å². The summed E-state index contributed by atoms with van der Waals surface area (Å²) >= 11 is 1.48. The van der Waals surface area contributed by atoms with Gasteiger partial charge < -0.3 is 9.47 Å². The smallest absolute Gasteiger partial charge is 0.260 e. The molecule has 0 unspecified atom stereocenters. The van der Waals surface area contributed by atoms with E-state index in [0.717, 1.165) is 27.0 Å². The minimum Gasteiger partial charge on any atom is -0.486 e. The second kappa shape index (κ2) is 9.15. The van der Waals surface area contributed by atoms with Gasteiger partial charge in [0.2, 0.25) is 0 Å². The van der Waals surface area contributed by atoms with Crippen molar-refractivity contribution < 1.29 is 14.3 Å². The van der Waals surface area contributed by atoms with Crippen molar-refractivity contribution in [3.63, 3.8) is 0 Å². The van der Waals surface area contributed by atoms with Crippen molar-refractivity contribution in [3.8, 4) is 22.6 Å². The van der Waals surface area contributed by atoms with Gasteiger partial charge in [0.15, 0.2) is 16.6 Å². The summed E-state index contributed by atoms with van der Waals surface area (Å²) in [5.41, 5.74) is 4.26. The number of hydrogen-bond acceptors (Lipinski definition) is 7. The fraction of sp³-hybridized carbons (Fsp3) is 0.111. The van der Waals surface area contributed by atoms with Crippen molar-refractivity contribution >= 4 is 32.6 Å². The number of amides is 1. The molecule has 172 valence electrons. The van der Waals surface area contributed by atoms with Gasteiger partial charge in [0, 0.05) is 24.2 Å². The second-order valence-electron chi connectivity index (χ2n) is 7.99. The van der Waals surface area contributed by atoms with Crippen LogP contribution >= 0.6 is 11.3 Å². The minimum atomic E-state index is -0.180. The van der Waals surface area contributed by atoms with Crippen LogP contribution in [0.1, 0.15) is 16.1 Å². The number of fused-ring (bicyclic) bond motifs is 2. The molecule has 0 saturated carbocycles. The Morgan fingerprint density at radius 2 is 1.74 bits per heavy atom. The van der Waals surface area contributed by atoms with Gasteiger partial charge in [-0.25, -0.2) is 4.98 Å². The van der Waals surface area contributed by atoms with E-state index in [-0.39, 0.29) is 5.91 Å². The van der Waals surface area contributed by atoms with E-state index >= 15 is 0 Å². The van der Waals surface area contributed by atoms with Crippen molar-refractivity contribution in [2.45, 2.75) is 6.54 Å². The van der Waals surface area contributed by atoms with Gasteiger partial charge in [-0.2, -0.15) is 0 Å². The van der Waals surface area contributed by atoms with E-state index in [2.05, 4.69) is 16.0 Å². The number of carbonyl (C=O) groups is 1. The van der Waals surface area contributed by atoms with Gasteiger partial charge >= 0.3 is 0 Å². The standard InChI is InChI=1S/C27H20N4O3S/c32-26(20-5-7-23-24(15-20)34-14-13-33-23)31(17-21-3-1-2-10-29-21)27-30-22-6-4-19(16-25(22)35-27)18-8-11-28-12-9-18/h1-12,15-16H,13-14,17H2. The lowest BCUT2D eigenvalue weighted by molar-refractivity contribution is 0.0983. The van der Waals surface area contributed by atoms with Gasteiger partial charge in [-0.3, -0.25) is 19.7 Å². The number of carbonyl (C=O) groups excluding carboxylic acids is 1. The maximum absolute atomic E-state index is 13.8. The van der Waals surface area contributed by atoms with Crippen LogP contribution in [-0.2, 0) is 6.54 Å². The molecule has 1 aliphatic rings. The molecule has 6 rings (SSSR count). The summed E-state index contributed by atoms with van der Waals surface area (Å²) in [6.45, 7) is 1.25. The fourth-order valence-corrected chi connectivity index (χ4v) is 4.97. The monoisotopic (exact) mass is 480 g/mol. The van der Waals surface area contributed by atoms with Crippen LogP contribution in [0.4, 0.5) is 5.13 Å². The first-order chi connectivity index (χ1) is 17.2. The number of anilines is 1. The highest BCUT2D eigenvalue weighted by Gasteiger charge is 2.24. The van der Waals surface area contributed by atoms with Crippen molar-refractivity contribution in [1.29, 1.82) is 0 Å². The second-order valence-corrected chi connectivity index (χ2v) is 8.99. The molecule has 1 amide bonds. The third-order valence-electron chi connectivity index (χ3n) is 5.70. The minimum absolute atomic E-state index is 0.180. The molecule has 0 radical (unpaired) electrons. The zero-order valence-electron chi connectivity index (χ0n) is 18.6. The SMILES string of the molecule is O=C(c1ccc2c(c1)OCCO2)N(Cc1ccccn1)c1nc2ccc(-c3ccncc3)cc2s1. The van der Waals surface area contributed by atoms with Crippen LogP contribution in [0.15, 0.2) is 85.3 Å². The number of rotatable bonds is 5. The van der Waals surface area contributed by atoms with Gasteiger partial charge in [-0.1, -0.05) is 23.5 Å². The molecule has 3 aromatic heterocycles. The molecule has 1 aliphatic heterocycles. The molecule has 8 heteroatoms. The molecule has 0 fully saturated rings. The van der Waals surface area contributed by atoms with Crippen molar-refractivity contribution in [2.75, 3.05) is 18.1 Å². The molecule has 0 aliphatic carbocycles. The van der Waals surface area contributed by atoms with E-state index in [1.165, 1.54) is 11.3 Å². The topological polar surface area (TPSA) is 77.4 Å². The van der Waals surface area contributed by atoms with Gasteiger partial charge in [-0.15, -0.1) is 0 Å². The van der Waals surface area contributed by atoms with E-state index in [4.69, 9.17) is 14.5 Å². The number of ether oxygens (including phenoxy) is 2. The van der Waals surface area contributed by atoms with E-state index < -0.39 is 0 Å². The molecular formula is C27H20N4O3S. The molecule has 2 aromatic carbocycles. The first-order valence-electron chi connectivity index (χ1n) is 11.2. The van der Waals surface area contributed by atoms with Gasteiger partial charge in [0.25, 0.3) is 5.91 Å². The predicted octanol–water partition coefficient (Wildman–Crippen LogP) is 5.37. The maximum atomic E-state index is 13.8. The number of thiazole rings is 1. The van der Waals surface area contributed by atoms with E-state index in [0.29, 0.717) is 42.0 Å². The Balaban J connectivity index is 1.39. The van der Waals surface area contributed by atoms with Crippen molar-refractivity contribution in [3.05, 3.63) is 96.6 Å². The van der Waals surface area contributed by atoms with Gasteiger partial charge in [0.1, 0.15) is 13.2 Å². The Kier molecular flexibility index (Phi) is 5.56. The first kappa shape index (κ1) is 21.2. The van der Waals surface area contributed by atoms with E-state index in [9.17, 15) is 4.79 Å². The Morgan fingerprint density at radius 3 is 2.57 bits per heavy atom. The summed E-state index contributed by atoms with van der Waals surface area (Å²) in [5, 5.41) is 0.609. The lowest BCUT2D eigenvalue weighted by Gasteiger charge is -2.22. The van der Waals surface area contributed by atoms with Crippen LogP contribution in [0.2, 0.25) is 0 Å². The fourth-order valence-electron chi connectivity index (χ4n) is 3.96. The number of pyridine rings is 2. The van der Waals surface area contributed by atoms with Crippen LogP contribution in [0.25, 0.3) is 21.3 Å². The quantitative estimate of drug-likeness (QED) is 0.337. The Morgan fingerprint density at radius 1 is 0.886 bits per heavy atom. The molecule has 5 aromatic rings. The summed E-state index contributed by atoms with van der Waals surface area (Å²) in [7, 11) is 0. The molecule has 0 bridgehead atoms. The zero-order chi connectivity index (χ0) is 23.6. The van der Waals surface area contributed by atoms with Crippen LogP contribution in [0, 0.1) is 0 Å². The largest absolute Gasteiger partial charge is 0.486 e. The summed E-state index contributed by atoms with van der Waals surface area (Å²) < 4.78 is 12.3. The zero-order valence-corrected chi connectivity index (χ0v) is 19.4. The molecule has 7 nitrogen and oxygen atoms in total. The van der Waals surface area contributed by atoms with Crippen LogP contribution in [0.3, 0.4) is 0 Å². The summed E-state index contributed by atoms with van der Waals surface area (Å²) in [5.74, 6) is 1.04. The lowest BCUT2D eigenvalue weighted by Crippen LogP contribution is -2.31. The molecule has 35 heavy (non-hydrogen) atoms. The third kappa shape index (κ3) is 4.31. The molecular weight excluding hydrogens is 460 g/mol. The summed E-state index contributed by atoms with van der Waals surface area (Å²) in [6, 6.07) is 21.0. The highest BCUT2D eigenvalue weighted by Crippen LogP contribution is 2.35. The van der Waals surface area contributed by atoms with E-state index in [1.807, 2.05) is 42.5 Å². The van der Waals surface area contributed by atoms with E-state index in [1.54, 1.807) is 41.7 Å². The highest BCUT2D eigenvalue weighted by atomic mass is 32.1. The lowest BCUT2D eigenvalue weighted by atomic mass is 10.1. The predicted molar refractivity (Wildman–Crippen MR) is 135 cm³/mol. The highest BCUT2D eigenvalue weighted by molar-refractivity contribution is 7.22. The Labute approximate surface area is 205 Å². The molecule has 4 heterocycles. The maximum Gasteiger partial charge on any atom is 0.260 e. The molecule has 0 saturated heterocycles. The normalized spacial score (nSPS) is 12.5. The van der Waals surface area contributed by atoms with Gasteiger partial charge in [-0.05, 0) is 65.7 Å². The molecule has 0 N–H and O–H groups in total. The molecule has 0 atom stereocenters. The summed E-state index contributed by atoms with van der Waals surface area (Å²) in [6.07, 6.45) is 5.28. The third-order valence-corrected chi connectivity index (χ3v) is 6.74. The average molecular weight is 481 g/mol. The van der Waals surface area contributed by atoms with Crippen molar-refractivity contribution in [2.24, 2.45) is 0 Å². The average Bonchev–Trinajstić information content (AvgIpc) is 3.35. The number of benzene rings is 2. The van der Waals surface area contributed by atoms with Gasteiger partial charge in [0.05, 0.1) is 22.5 Å². The molecule has 0 spiro atoms. The number of hydrogen-bond donors (Lipinski definition) is 0. The van der Waals surface area contributed by atoms with Crippen LogP contribution < -0.4 is 14.4 Å². The van der Waals surface area contributed by atoms with Crippen LogP contribution in [-0.4, -0.2) is 34.1 Å². The Bertz CT molecular complexity index is 1510.